The molecule has 1 aliphatic rings. The summed E-state index contributed by atoms with van der Waals surface area (Å²) in [6.07, 6.45) is -4.33. The Hall–Kier alpha value is -3.19. The highest BCUT2D eigenvalue weighted by atomic mass is 19.4. The van der Waals surface area contributed by atoms with E-state index in [1.54, 1.807) is 12.1 Å². The van der Waals surface area contributed by atoms with E-state index < -0.39 is 11.7 Å². The molecule has 1 unspecified atom stereocenters. The van der Waals surface area contributed by atoms with Gasteiger partial charge in [-0.2, -0.15) is 13.2 Å². The van der Waals surface area contributed by atoms with Gasteiger partial charge in [-0.05, 0) is 66.6 Å². The summed E-state index contributed by atoms with van der Waals surface area (Å²) in [5.41, 5.74) is 2.33. The molecule has 0 radical (unpaired) electrons. The van der Waals surface area contributed by atoms with Crippen LogP contribution in [-0.4, -0.2) is 35.7 Å². The van der Waals surface area contributed by atoms with Crippen LogP contribution < -0.4 is 9.64 Å². The molecule has 4 nitrogen and oxygen atoms in total. The van der Waals surface area contributed by atoms with Crippen molar-refractivity contribution in [3.8, 4) is 11.5 Å². The first-order chi connectivity index (χ1) is 15.8. The van der Waals surface area contributed by atoms with E-state index in [1.807, 2.05) is 36.4 Å². The highest BCUT2D eigenvalue weighted by Crippen LogP contribution is 2.29. The number of benzene rings is 3. The number of ether oxygens (including phenoxy) is 1. The highest BCUT2D eigenvalue weighted by Gasteiger charge is 2.30. The summed E-state index contributed by atoms with van der Waals surface area (Å²) in [6, 6.07) is 20.6. The second kappa shape index (κ2) is 9.75. The van der Waals surface area contributed by atoms with E-state index in [2.05, 4.69) is 16.7 Å². The first-order valence-corrected chi connectivity index (χ1v) is 10.9. The average molecular weight is 457 g/mol. The number of rotatable bonds is 6. The van der Waals surface area contributed by atoms with Gasteiger partial charge in [-0.25, -0.2) is 0 Å². The smallest absolute Gasteiger partial charge is 0.416 e. The van der Waals surface area contributed by atoms with Crippen LogP contribution in [0.25, 0.3) is 0 Å². The Bertz CT molecular complexity index is 1040. The summed E-state index contributed by atoms with van der Waals surface area (Å²) >= 11 is 0. The molecule has 174 valence electrons. The van der Waals surface area contributed by atoms with Gasteiger partial charge in [-0.3, -0.25) is 4.90 Å². The lowest BCUT2D eigenvalue weighted by Crippen LogP contribution is -2.51. The number of piperazine rings is 1. The monoisotopic (exact) mass is 456 g/mol. The van der Waals surface area contributed by atoms with E-state index in [0.717, 1.165) is 44.0 Å². The molecule has 0 bridgehead atoms. The third kappa shape index (κ3) is 5.99. The van der Waals surface area contributed by atoms with Crippen LogP contribution in [0.3, 0.4) is 0 Å². The predicted molar refractivity (Wildman–Crippen MR) is 122 cm³/mol. The highest BCUT2D eigenvalue weighted by molar-refractivity contribution is 5.49. The van der Waals surface area contributed by atoms with E-state index in [1.165, 1.54) is 17.7 Å². The molecule has 33 heavy (non-hydrogen) atoms. The minimum Gasteiger partial charge on any atom is -0.508 e. The first kappa shape index (κ1) is 23.0. The van der Waals surface area contributed by atoms with Gasteiger partial charge in [0.15, 0.2) is 0 Å². The van der Waals surface area contributed by atoms with Crippen LogP contribution in [-0.2, 0) is 19.3 Å². The van der Waals surface area contributed by atoms with Crippen LogP contribution >= 0.6 is 0 Å². The van der Waals surface area contributed by atoms with Gasteiger partial charge in [0.1, 0.15) is 18.1 Å². The number of phenolic OH excluding ortho intramolecular Hbond substituents is 1. The van der Waals surface area contributed by atoms with Crippen LogP contribution in [0, 0.1) is 0 Å². The average Bonchev–Trinajstić information content (AvgIpc) is 2.80. The molecule has 0 aliphatic carbocycles. The van der Waals surface area contributed by atoms with Gasteiger partial charge < -0.3 is 14.7 Å². The Labute approximate surface area is 191 Å². The molecule has 1 aliphatic heterocycles. The van der Waals surface area contributed by atoms with Gasteiger partial charge in [-0.1, -0.05) is 24.3 Å². The van der Waals surface area contributed by atoms with Crippen molar-refractivity contribution in [3.05, 3.63) is 89.5 Å². The SMILES string of the molecule is CC1CN(c2ccc(O)cc2)CCN1Cc1ccc(OCc2ccc(C(F)(F)F)cc2)cc1. The fraction of sp³-hybridized carbons (Fsp3) is 0.308. The molecule has 1 fully saturated rings. The zero-order valence-corrected chi connectivity index (χ0v) is 18.4. The zero-order valence-electron chi connectivity index (χ0n) is 18.4. The molecule has 3 aromatic carbocycles. The molecule has 0 saturated carbocycles. The van der Waals surface area contributed by atoms with Crippen molar-refractivity contribution in [1.82, 2.24) is 4.90 Å². The molecule has 3 aromatic rings. The quantitative estimate of drug-likeness (QED) is 0.516. The number of anilines is 1. The third-order valence-corrected chi connectivity index (χ3v) is 5.98. The van der Waals surface area contributed by atoms with Crippen molar-refractivity contribution < 1.29 is 23.0 Å². The molecule has 7 heteroatoms. The Kier molecular flexibility index (Phi) is 6.79. The van der Waals surface area contributed by atoms with Gasteiger partial charge in [0.2, 0.25) is 0 Å². The second-order valence-corrected chi connectivity index (χ2v) is 8.41. The minimum atomic E-state index is -4.33. The molecule has 1 N–H and O–H groups in total. The summed E-state index contributed by atoms with van der Waals surface area (Å²) in [6.45, 7) is 6.04. The molecule has 1 heterocycles. The second-order valence-electron chi connectivity index (χ2n) is 8.41. The van der Waals surface area contributed by atoms with Crippen LogP contribution in [0.1, 0.15) is 23.6 Å². The van der Waals surface area contributed by atoms with Crippen molar-refractivity contribution in [2.24, 2.45) is 0 Å². The molecule has 0 aromatic heterocycles. The molecule has 0 amide bonds. The standard InChI is InChI=1S/C26H27F3N2O2/c1-19-16-31(23-8-10-24(32)11-9-23)15-14-30(19)17-20-4-12-25(13-5-20)33-18-21-2-6-22(7-3-21)26(27,28)29/h2-13,19,32H,14-18H2,1H3. The van der Waals surface area contributed by atoms with E-state index in [9.17, 15) is 18.3 Å². The van der Waals surface area contributed by atoms with Gasteiger partial charge in [-0.15, -0.1) is 0 Å². The van der Waals surface area contributed by atoms with E-state index in [4.69, 9.17) is 4.74 Å². The van der Waals surface area contributed by atoms with Crippen LogP contribution in [0.15, 0.2) is 72.8 Å². The summed E-state index contributed by atoms with van der Waals surface area (Å²) in [4.78, 5) is 4.77. The van der Waals surface area contributed by atoms with E-state index >= 15 is 0 Å². The van der Waals surface area contributed by atoms with E-state index in [-0.39, 0.29) is 12.4 Å². The number of alkyl halides is 3. The van der Waals surface area contributed by atoms with Crippen LogP contribution in [0.2, 0.25) is 0 Å². The lowest BCUT2D eigenvalue weighted by Gasteiger charge is -2.41. The summed E-state index contributed by atoms with van der Waals surface area (Å²) < 4.78 is 43.7. The molecule has 0 spiro atoms. The first-order valence-electron chi connectivity index (χ1n) is 10.9. The number of aromatic hydroxyl groups is 1. The Morgan fingerprint density at radius 1 is 0.879 bits per heavy atom. The van der Waals surface area contributed by atoms with Crippen LogP contribution in [0.4, 0.5) is 18.9 Å². The lowest BCUT2D eigenvalue weighted by atomic mass is 10.1. The number of hydrogen-bond acceptors (Lipinski definition) is 4. The van der Waals surface area contributed by atoms with Gasteiger partial charge in [0.25, 0.3) is 0 Å². The number of halogens is 3. The maximum absolute atomic E-state index is 12.7. The molecule has 1 atom stereocenters. The maximum atomic E-state index is 12.7. The third-order valence-electron chi connectivity index (χ3n) is 5.98. The molecule has 4 rings (SSSR count). The summed E-state index contributed by atoms with van der Waals surface area (Å²) in [5, 5.41) is 9.49. The fourth-order valence-corrected chi connectivity index (χ4v) is 4.01. The van der Waals surface area contributed by atoms with Gasteiger partial charge in [0.05, 0.1) is 5.56 Å². The topological polar surface area (TPSA) is 35.9 Å². The minimum absolute atomic E-state index is 0.216. The molecule has 1 saturated heterocycles. The van der Waals surface area contributed by atoms with Crippen LogP contribution in [0.5, 0.6) is 11.5 Å². The van der Waals surface area contributed by atoms with Crippen molar-refractivity contribution in [2.45, 2.75) is 32.3 Å². The van der Waals surface area contributed by atoms with Crippen molar-refractivity contribution in [1.29, 1.82) is 0 Å². The molecular weight excluding hydrogens is 429 g/mol. The van der Waals surface area contributed by atoms with Gasteiger partial charge >= 0.3 is 6.18 Å². The number of phenols is 1. The lowest BCUT2D eigenvalue weighted by molar-refractivity contribution is -0.137. The summed E-state index contributed by atoms with van der Waals surface area (Å²) in [7, 11) is 0. The maximum Gasteiger partial charge on any atom is 0.416 e. The normalized spacial score (nSPS) is 17.2. The number of nitrogens with zero attached hydrogens (tertiary/aromatic N) is 2. The van der Waals surface area contributed by atoms with Crippen molar-refractivity contribution >= 4 is 5.69 Å². The van der Waals surface area contributed by atoms with Gasteiger partial charge in [0, 0.05) is 37.9 Å². The van der Waals surface area contributed by atoms with Crippen molar-refractivity contribution in [2.75, 3.05) is 24.5 Å². The summed E-state index contributed by atoms with van der Waals surface area (Å²) in [5.74, 6) is 0.959. The Morgan fingerprint density at radius 2 is 1.52 bits per heavy atom. The largest absolute Gasteiger partial charge is 0.508 e. The zero-order chi connectivity index (χ0) is 23.4. The number of hydrogen-bond donors (Lipinski definition) is 1. The molecular formula is C26H27F3N2O2. The Morgan fingerprint density at radius 3 is 2.12 bits per heavy atom. The van der Waals surface area contributed by atoms with E-state index in [0.29, 0.717) is 17.4 Å². The predicted octanol–water partition coefficient (Wildman–Crippen LogP) is 5.70. The van der Waals surface area contributed by atoms with Crippen molar-refractivity contribution in [3.63, 3.8) is 0 Å². The fourth-order valence-electron chi connectivity index (χ4n) is 4.01. The Balaban J connectivity index is 1.27.